The highest BCUT2D eigenvalue weighted by Crippen LogP contribution is 2.59. The smallest absolute Gasteiger partial charge is 0.353 e. The molecule has 2 nitrogen and oxygen atoms in total. The summed E-state index contributed by atoms with van der Waals surface area (Å²) in [5.41, 5.74) is -4.20. The van der Waals surface area contributed by atoms with E-state index in [0.717, 1.165) is 22.0 Å². The molecule has 7 rings (SSSR count). The van der Waals surface area contributed by atoms with Gasteiger partial charge in [0.2, 0.25) is 0 Å². The molecule has 0 fully saturated rings. The quantitative estimate of drug-likeness (QED) is 0.0375. The van der Waals surface area contributed by atoms with E-state index in [1.807, 2.05) is 78.9 Å². The topological polar surface area (TPSA) is 9.23 Å². The molecule has 17 heteroatoms. The summed E-state index contributed by atoms with van der Waals surface area (Å²) in [4.78, 5) is 0. The van der Waals surface area contributed by atoms with Crippen LogP contribution in [0.2, 0.25) is 0 Å². The lowest BCUT2D eigenvalue weighted by molar-refractivity contribution is -0.752. The molecule has 60 heavy (non-hydrogen) atoms. The second-order valence-electron chi connectivity index (χ2n) is 16.5. The fourth-order valence-corrected chi connectivity index (χ4v) is 14.6. The highest BCUT2D eigenvalue weighted by atomic mass is 35.5. The second-order valence-corrected chi connectivity index (χ2v) is 21.2. The number of hydrogen-bond acceptors (Lipinski definition) is 1. The Morgan fingerprint density at radius 3 is 1.30 bits per heavy atom. The van der Waals surface area contributed by atoms with Gasteiger partial charge in [0.25, 0.3) is 0 Å². The molecule has 0 saturated carbocycles. The monoisotopic (exact) mass is 895 g/mol. The van der Waals surface area contributed by atoms with Crippen LogP contribution in [0.1, 0.15) is 25.0 Å². The number of benzene rings is 6. The number of para-hydroxylation sites is 2. The maximum absolute atomic E-state index is 15.9. The molecular formula is C43H36B2Cl2F10NOP. The summed E-state index contributed by atoms with van der Waals surface area (Å²) in [6, 6.07) is 29.1. The molecule has 0 bridgehead atoms. The fourth-order valence-electron chi connectivity index (χ4n) is 8.80. The predicted molar refractivity (Wildman–Crippen MR) is 225 cm³/mol. The molecule has 0 atom stereocenters. The van der Waals surface area contributed by atoms with E-state index in [1.165, 1.54) is 6.07 Å². The molecule has 0 radical (unpaired) electrons. The lowest BCUT2D eigenvalue weighted by Gasteiger charge is -2.44. The minimum absolute atomic E-state index is 0.194. The lowest BCUT2D eigenvalue weighted by Crippen LogP contribution is -2.59. The number of alkyl halides is 2. The van der Waals surface area contributed by atoms with Crippen LogP contribution in [0, 0.1) is 58.2 Å². The minimum Gasteiger partial charge on any atom is -0.491 e. The first-order chi connectivity index (χ1) is 28.3. The van der Waals surface area contributed by atoms with Gasteiger partial charge in [-0.25, -0.2) is 43.9 Å². The largest absolute Gasteiger partial charge is 0.491 e. The summed E-state index contributed by atoms with van der Waals surface area (Å²) in [5, 5.41) is 2.95. The molecular weight excluding hydrogens is 860 g/mol. The third-order valence-corrected chi connectivity index (χ3v) is 17.0. The molecule has 0 spiro atoms. The second kappa shape index (κ2) is 17.1. The lowest BCUT2D eigenvalue weighted by atomic mass is 9.35. The minimum atomic E-state index is -4.11. The first kappa shape index (κ1) is 45.1. The normalized spacial score (nSPS) is 13.3. The molecule has 0 aromatic heterocycles. The van der Waals surface area contributed by atoms with Gasteiger partial charge < -0.3 is 9.13 Å². The number of halogens is 12. The van der Waals surface area contributed by atoms with Crippen molar-refractivity contribution >= 4 is 76.5 Å². The standard InChI is InChI=1S/C42H34B2F10NOP.CH2Cl2/c1-42(2)24-18-12-20-26(44(28-30(45)34(49)38(53)35(50)31(28)46)29-32(47)36(51)39(54)37(52)33(29)48)40(24)56-41-25(42)19-13-21-27(41)57(43-55(3,4)5,22-14-8-6-9-15-22)23-16-10-7-11-17-23;2-1-3/h6-21,44H,43H2,1-5H3;1H2. The van der Waals surface area contributed by atoms with E-state index in [1.54, 1.807) is 19.9 Å². The number of ether oxygens (including phenoxy) is 1. The zero-order valence-electron chi connectivity index (χ0n) is 33.0. The van der Waals surface area contributed by atoms with Crippen LogP contribution in [0.25, 0.3) is 0 Å². The molecule has 314 valence electrons. The number of rotatable bonds is 8. The first-order valence-electron chi connectivity index (χ1n) is 18.6. The van der Waals surface area contributed by atoms with Gasteiger partial charge in [0.1, 0.15) is 28.6 Å². The molecule has 6 aromatic rings. The molecule has 1 aliphatic heterocycles. The van der Waals surface area contributed by atoms with Crippen LogP contribution >= 0.6 is 30.3 Å². The zero-order valence-corrected chi connectivity index (χ0v) is 35.4. The van der Waals surface area contributed by atoms with Gasteiger partial charge in [0, 0.05) is 44.8 Å². The summed E-state index contributed by atoms with van der Waals surface area (Å²) in [5.74, 6) is -25.0. The molecule has 0 unspecified atom stereocenters. The van der Waals surface area contributed by atoms with Crippen molar-refractivity contribution in [3.8, 4) is 11.5 Å². The number of hydrogen-bond donors (Lipinski definition) is 0. The van der Waals surface area contributed by atoms with Gasteiger partial charge in [-0.2, -0.15) is 5.46 Å². The van der Waals surface area contributed by atoms with Crippen LogP contribution < -0.4 is 37.0 Å². The van der Waals surface area contributed by atoms with Gasteiger partial charge in [0.05, 0.1) is 28.4 Å². The molecule has 0 saturated heterocycles. The van der Waals surface area contributed by atoms with Crippen molar-refractivity contribution in [2.45, 2.75) is 19.3 Å². The number of fused-ring (bicyclic) bond motifs is 2. The van der Waals surface area contributed by atoms with Crippen LogP contribution in [-0.2, 0) is 5.41 Å². The van der Waals surface area contributed by atoms with E-state index in [9.17, 15) is 26.3 Å². The predicted octanol–water partition coefficient (Wildman–Crippen LogP) is 8.18. The zero-order chi connectivity index (χ0) is 44.1. The van der Waals surface area contributed by atoms with E-state index in [-0.39, 0.29) is 22.4 Å². The van der Waals surface area contributed by atoms with Gasteiger partial charge in [0.15, 0.2) is 40.7 Å². The van der Waals surface area contributed by atoms with E-state index in [0.29, 0.717) is 9.96 Å². The molecule has 6 aromatic carbocycles. The summed E-state index contributed by atoms with van der Waals surface area (Å²) < 4.78 is 160. The van der Waals surface area contributed by atoms with Crippen LogP contribution in [0.15, 0.2) is 97.1 Å². The summed E-state index contributed by atoms with van der Waals surface area (Å²) in [6.07, 6.45) is 0. The highest BCUT2D eigenvalue weighted by Gasteiger charge is 2.49. The van der Waals surface area contributed by atoms with Crippen molar-refractivity contribution in [2.75, 3.05) is 26.5 Å². The van der Waals surface area contributed by atoms with Crippen molar-refractivity contribution in [1.82, 2.24) is 0 Å². The van der Waals surface area contributed by atoms with Crippen molar-refractivity contribution in [3.05, 3.63) is 166 Å². The Bertz CT molecular complexity index is 2430. The fraction of sp³-hybridized carbons (Fsp3) is 0.163. The Labute approximate surface area is 351 Å². The third-order valence-electron chi connectivity index (χ3n) is 11.3. The molecule has 1 aliphatic rings. The van der Waals surface area contributed by atoms with Crippen LogP contribution in [0.5, 0.6) is 11.5 Å². The Morgan fingerprint density at radius 2 is 0.900 bits per heavy atom. The van der Waals surface area contributed by atoms with E-state index >= 15 is 17.6 Å². The van der Waals surface area contributed by atoms with Crippen LogP contribution in [0.3, 0.4) is 0 Å². The summed E-state index contributed by atoms with van der Waals surface area (Å²) in [6.45, 7) is -0.516. The van der Waals surface area contributed by atoms with Crippen LogP contribution in [0.4, 0.5) is 43.9 Å². The average molecular weight is 896 g/mol. The Morgan fingerprint density at radius 1 is 0.533 bits per heavy atom. The molecule has 0 amide bonds. The van der Waals surface area contributed by atoms with Crippen molar-refractivity contribution in [3.63, 3.8) is 0 Å². The van der Waals surface area contributed by atoms with Crippen molar-refractivity contribution in [1.29, 1.82) is 0 Å². The van der Waals surface area contributed by atoms with Gasteiger partial charge >= 0.3 is 7.13 Å². The van der Waals surface area contributed by atoms with Gasteiger partial charge in [-0.15, -0.1) is 34.1 Å². The van der Waals surface area contributed by atoms with Crippen molar-refractivity contribution < 1.29 is 53.0 Å². The summed E-state index contributed by atoms with van der Waals surface area (Å²) >= 11 is 9.53. The molecule has 0 aliphatic carbocycles. The average Bonchev–Trinajstić information content (AvgIpc) is 3.22. The van der Waals surface area contributed by atoms with Gasteiger partial charge in [-0.05, 0) is 30.3 Å². The van der Waals surface area contributed by atoms with Crippen molar-refractivity contribution in [2.24, 2.45) is 0 Å². The molecule has 1 heterocycles. The van der Waals surface area contributed by atoms with E-state index < -0.39 is 101 Å². The Kier molecular flexibility index (Phi) is 12.9. The SMILES string of the molecule is CC1(C)c2cccc([BH-](c3c(F)c(F)c(F)c(F)c3F)c3c(F)c(F)c(F)c(F)c3F)c2Oc2c1cccc2[P+]([BH2-][N+](C)(C)C)(c1ccccc1)c1ccccc1.ClCCl. The maximum atomic E-state index is 15.9. The van der Waals surface area contributed by atoms with Gasteiger partial charge in [-0.3, -0.25) is 0 Å². The Hall–Kier alpha value is -4.48. The maximum Gasteiger partial charge on any atom is 0.353 e. The van der Waals surface area contributed by atoms with E-state index in [4.69, 9.17) is 27.9 Å². The molecule has 0 N–H and O–H groups in total. The van der Waals surface area contributed by atoms with Crippen LogP contribution in [-0.4, -0.2) is 44.7 Å². The number of quaternary nitrogens is 1. The highest BCUT2D eigenvalue weighted by molar-refractivity contribution is 8.15. The van der Waals surface area contributed by atoms with Gasteiger partial charge in [-0.1, -0.05) is 80.6 Å². The summed E-state index contributed by atoms with van der Waals surface area (Å²) in [7, 11) is 2.45. The number of nitrogens with zero attached hydrogens (tertiary/aromatic N) is 1. The third kappa shape index (κ3) is 7.58. The van der Waals surface area contributed by atoms with E-state index in [2.05, 4.69) is 21.1 Å². The first-order valence-corrected chi connectivity index (χ1v) is 21.9. The Balaban J connectivity index is 0.00000195.